The highest BCUT2D eigenvalue weighted by atomic mass is 35.5. The molecule has 0 aromatic carbocycles. The fourth-order valence-corrected chi connectivity index (χ4v) is 1.98. The monoisotopic (exact) mass is 282 g/mol. The first-order valence-corrected chi connectivity index (χ1v) is 6.63. The van der Waals surface area contributed by atoms with Gasteiger partial charge >= 0.3 is 6.03 Å². The standard InChI is InChI=1S/C11H15ClN6O/c1-2-3-4-5-6-9-10(12)14-16-18(9)11(19)17-8-7-13-15-17/h7-8H,2-6H2,1H3. The Bertz CT molecular complexity index is 535. The number of hydrogen-bond acceptors (Lipinski definition) is 5. The van der Waals surface area contributed by atoms with Crippen LogP contribution in [0.5, 0.6) is 0 Å². The highest BCUT2D eigenvalue weighted by Gasteiger charge is 2.18. The van der Waals surface area contributed by atoms with Crippen molar-refractivity contribution in [3.63, 3.8) is 0 Å². The van der Waals surface area contributed by atoms with Gasteiger partial charge in [0.05, 0.1) is 18.1 Å². The lowest BCUT2D eigenvalue weighted by molar-refractivity contribution is 0.236. The Labute approximate surface area is 115 Å². The summed E-state index contributed by atoms with van der Waals surface area (Å²) in [6, 6.07) is -0.428. The van der Waals surface area contributed by atoms with Crippen LogP contribution in [0.2, 0.25) is 5.15 Å². The van der Waals surface area contributed by atoms with Gasteiger partial charge in [0.25, 0.3) is 0 Å². The average molecular weight is 283 g/mol. The van der Waals surface area contributed by atoms with Crippen LogP contribution in [-0.4, -0.2) is 36.0 Å². The van der Waals surface area contributed by atoms with Crippen molar-refractivity contribution >= 4 is 17.6 Å². The van der Waals surface area contributed by atoms with Gasteiger partial charge in [0.1, 0.15) is 0 Å². The normalized spacial score (nSPS) is 10.8. The number of halogens is 1. The maximum absolute atomic E-state index is 12.1. The fraction of sp³-hybridized carbons (Fsp3) is 0.545. The summed E-state index contributed by atoms with van der Waals surface area (Å²) in [5.41, 5.74) is 0.623. The second-order valence-corrected chi connectivity index (χ2v) is 4.54. The predicted molar refractivity (Wildman–Crippen MR) is 69.1 cm³/mol. The quantitative estimate of drug-likeness (QED) is 0.785. The largest absolute Gasteiger partial charge is 0.372 e. The van der Waals surface area contributed by atoms with Crippen molar-refractivity contribution in [2.24, 2.45) is 0 Å². The van der Waals surface area contributed by atoms with Gasteiger partial charge in [-0.2, -0.15) is 9.36 Å². The molecule has 19 heavy (non-hydrogen) atoms. The van der Waals surface area contributed by atoms with Crippen LogP contribution in [0.25, 0.3) is 0 Å². The van der Waals surface area contributed by atoms with Gasteiger partial charge in [-0.1, -0.05) is 48.2 Å². The smallest absolute Gasteiger partial charge is 0.243 e. The maximum atomic E-state index is 12.1. The summed E-state index contributed by atoms with van der Waals surface area (Å²) in [7, 11) is 0. The molecule has 0 saturated carbocycles. The molecule has 0 atom stereocenters. The first-order valence-electron chi connectivity index (χ1n) is 6.25. The lowest BCUT2D eigenvalue weighted by Gasteiger charge is -2.04. The molecule has 0 saturated heterocycles. The van der Waals surface area contributed by atoms with E-state index in [4.69, 9.17) is 11.6 Å². The van der Waals surface area contributed by atoms with Gasteiger partial charge in [-0.15, -0.1) is 10.2 Å². The summed E-state index contributed by atoms with van der Waals surface area (Å²) in [6.07, 6.45) is 7.92. The number of hydrogen-bond donors (Lipinski definition) is 0. The zero-order valence-corrected chi connectivity index (χ0v) is 11.4. The molecule has 0 radical (unpaired) electrons. The van der Waals surface area contributed by atoms with Crippen LogP contribution in [0.4, 0.5) is 4.79 Å². The highest BCUT2D eigenvalue weighted by Crippen LogP contribution is 2.16. The van der Waals surface area contributed by atoms with E-state index in [-0.39, 0.29) is 5.15 Å². The zero-order valence-electron chi connectivity index (χ0n) is 10.7. The highest BCUT2D eigenvalue weighted by molar-refractivity contribution is 6.30. The van der Waals surface area contributed by atoms with E-state index in [0.29, 0.717) is 12.1 Å². The van der Waals surface area contributed by atoms with E-state index in [0.717, 1.165) is 30.4 Å². The van der Waals surface area contributed by atoms with Crippen molar-refractivity contribution in [3.05, 3.63) is 23.2 Å². The Morgan fingerprint density at radius 3 is 2.84 bits per heavy atom. The van der Waals surface area contributed by atoms with E-state index < -0.39 is 6.03 Å². The molecule has 8 heteroatoms. The minimum atomic E-state index is -0.428. The van der Waals surface area contributed by atoms with E-state index in [1.165, 1.54) is 17.1 Å². The molecule has 2 aromatic rings. The van der Waals surface area contributed by atoms with Crippen molar-refractivity contribution in [2.45, 2.75) is 39.0 Å². The number of rotatable bonds is 5. The molecule has 0 aliphatic carbocycles. The third kappa shape index (κ3) is 3.17. The number of unbranched alkanes of at least 4 members (excludes halogenated alkanes) is 3. The minimum Gasteiger partial charge on any atom is -0.243 e. The van der Waals surface area contributed by atoms with E-state index in [2.05, 4.69) is 27.5 Å². The first-order chi connectivity index (χ1) is 9.24. The molecule has 0 amide bonds. The van der Waals surface area contributed by atoms with Crippen LogP contribution >= 0.6 is 11.6 Å². The van der Waals surface area contributed by atoms with Gasteiger partial charge in [0.15, 0.2) is 5.15 Å². The van der Waals surface area contributed by atoms with Crippen molar-refractivity contribution in [3.8, 4) is 0 Å². The molecule has 0 unspecified atom stereocenters. The Morgan fingerprint density at radius 1 is 1.32 bits per heavy atom. The summed E-state index contributed by atoms with van der Waals surface area (Å²) < 4.78 is 2.28. The van der Waals surface area contributed by atoms with Crippen LogP contribution in [0.15, 0.2) is 12.4 Å². The van der Waals surface area contributed by atoms with E-state index in [1.807, 2.05) is 0 Å². The molecule has 0 aliphatic rings. The van der Waals surface area contributed by atoms with E-state index in [9.17, 15) is 4.79 Å². The molecule has 0 fully saturated rings. The molecule has 2 heterocycles. The van der Waals surface area contributed by atoms with Gasteiger partial charge < -0.3 is 0 Å². The van der Waals surface area contributed by atoms with Gasteiger partial charge in [-0.25, -0.2) is 4.79 Å². The lowest BCUT2D eigenvalue weighted by atomic mass is 10.1. The molecular weight excluding hydrogens is 268 g/mol. The average Bonchev–Trinajstić information content (AvgIpc) is 3.04. The molecule has 102 valence electrons. The molecule has 2 aromatic heterocycles. The van der Waals surface area contributed by atoms with Gasteiger partial charge in [0.2, 0.25) is 0 Å². The summed E-state index contributed by atoms with van der Waals surface area (Å²) in [6.45, 7) is 2.15. The van der Waals surface area contributed by atoms with E-state index in [1.54, 1.807) is 0 Å². The number of aromatic nitrogens is 6. The molecule has 0 N–H and O–H groups in total. The van der Waals surface area contributed by atoms with Crippen LogP contribution in [-0.2, 0) is 6.42 Å². The molecule has 0 spiro atoms. The van der Waals surface area contributed by atoms with Crippen LogP contribution in [0.3, 0.4) is 0 Å². The zero-order chi connectivity index (χ0) is 13.7. The first kappa shape index (κ1) is 13.7. The fourth-order valence-electron chi connectivity index (χ4n) is 1.77. The van der Waals surface area contributed by atoms with E-state index >= 15 is 0 Å². The minimum absolute atomic E-state index is 0.268. The summed E-state index contributed by atoms with van der Waals surface area (Å²) in [5.74, 6) is 0. The Balaban J connectivity index is 2.11. The number of carbonyl (C=O) groups is 1. The number of nitrogens with zero attached hydrogens (tertiary/aromatic N) is 6. The van der Waals surface area contributed by atoms with Gasteiger partial charge in [0, 0.05) is 0 Å². The van der Waals surface area contributed by atoms with Crippen molar-refractivity contribution in [1.82, 2.24) is 30.0 Å². The van der Waals surface area contributed by atoms with Crippen molar-refractivity contribution in [1.29, 1.82) is 0 Å². The Morgan fingerprint density at radius 2 is 2.16 bits per heavy atom. The molecule has 2 rings (SSSR count). The summed E-state index contributed by atoms with van der Waals surface area (Å²) in [5, 5.41) is 15.0. The topological polar surface area (TPSA) is 78.5 Å². The molecule has 0 aliphatic heterocycles. The predicted octanol–water partition coefficient (Wildman–Crippen LogP) is 2.16. The lowest BCUT2D eigenvalue weighted by Crippen LogP contribution is -2.23. The van der Waals surface area contributed by atoms with Crippen molar-refractivity contribution < 1.29 is 4.79 Å². The molecule has 0 bridgehead atoms. The SMILES string of the molecule is CCCCCCc1c(Cl)nnn1C(=O)n1ccnn1. The van der Waals surface area contributed by atoms with Crippen molar-refractivity contribution in [2.75, 3.05) is 0 Å². The molecular formula is C11H15ClN6O. The van der Waals surface area contributed by atoms with Crippen LogP contribution in [0.1, 0.15) is 38.3 Å². The second-order valence-electron chi connectivity index (χ2n) is 4.18. The summed E-state index contributed by atoms with van der Waals surface area (Å²) >= 11 is 5.97. The third-order valence-corrected chi connectivity index (χ3v) is 3.08. The van der Waals surface area contributed by atoms with Crippen LogP contribution < -0.4 is 0 Å². The van der Waals surface area contributed by atoms with Gasteiger partial charge in [-0.05, 0) is 12.8 Å². The summed E-state index contributed by atoms with van der Waals surface area (Å²) in [4.78, 5) is 12.1. The second kappa shape index (κ2) is 6.42. The Kier molecular flexibility index (Phi) is 4.62. The van der Waals surface area contributed by atoms with Gasteiger partial charge in [-0.3, -0.25) is 0 Å². The number of carbonyl (C=O) groups excluding carboxylic acids is 1. The maximum Gasteiger partial charge on any atom is 0.372 e. The van der Waals surface area contributed by atoms with Crippen LogP contribution in [0, 0.1) is 0 Å². The third-order valence-electron chi connectivity index (χ3n) is 2.78. The Hall–Kier alpha value is -1.76. The molecule has 7 nitrogen and oxygen atoms in total.